The molecule has 0 aromatic heterocycles. The number of hydrogen-bond acceptors (Lipinski definition) is 3. The van der Waals surface area contributed by atoms with Gasteiger partial charge >= 0.3 is 6.18 Å². The van der Waals surface area contributed by atoms with Crippen molar-refractivity contribution in [3.63, 3.8) is 0 Å². The van der Waals surface area contributed by atoms with Gasteiger partial charge in [0, 0.05) is 6.92 Å². The smallest absolute Gasteiger partial charge is 0.388 e. The Morgan fingerprint density at radius 3 is 2.30 bits per heavy atom. The lowest BCUT2D eigenvalue weighted by Crippen LogP contribution is -2.21. The lowest BCUT2D eigenvalue weighted by Gasteiger charge is -2.16. The van der Waals surface area contributed by atoms with Gasteiger partial charge in [-0.2, -0.15) is 13.2 Å². The Bertz CT molecular complexity index is 627. The van der Waals surface area contributed by atoms with Crippen LogP contribution in [0.25, 0.3) is 0 Å². The molecule has 0 spiro atoms. The highest BCUT2D eigenvalue weighted by molar-refractivity contribution is 5.99. The van der Waals surface area contributed by atoms with Crippen LogP contribution in [0.5, 0.6) is 0 Å². The third kappa shape index (κ3) is 5.74. The van der Waals surface area contributed by atoms with Crippen molar-refractivity contribution in [3.05, 3.63) is 35.9 Å². The van der Waals surface area contributed by atoms with Gasteiger partial charge in [0.1, 0.15) is 0 Å². The summed E-state index contributed by atoms with van der Waals surface area (Å²) >= 11 is 0. The monoisotopic (exact) mass is 330 g/mol. The van der Waals surface area contributed by atoms with E-state index in [9.17, 15) is 27.9 Å². The summed E-state index contributed by atoms with van der Waals surface area (Å²) in [6.07, 6.45) is -6.05. The van der Waals surface area contributed by atoms with Crippen LogP contribution in [0.2, 0.25) is 0 Å². The topological polar surface area (TPSA) is 78.4 Å². The van der Waals surface area contributed by atoms with Crippen LogP contribution in [0.15, 0.2) is 30.4 Å². The molecule has 2 amide bonds. The van der Waals surface area contributed by atoms with E-state index in [1.54, 1.807) is 0 Å². The zero-order valence-electron chi connectivity index (χ0n) is 12.6. The number of carbonyl (C=O) groups is 2. The van der Waals surface area contributed by atoms with Gasteiger partial charge in [0.2, 0.25) is 11.8 Å². The van der Waals surface area contributed by atoms with Gasteiger partial charge in [-0.05, 0) is 25.1 Å². The average molecular weight is 330 g/mol. The van der Waals surface area contributed by atoms with E-state index in [0.29, 0.717) is 5.57 Å². The van der Waals surface area contributed by atoms with E-state index in [-0.39, 0.29) is 17.8 Å². The predicted octanol–water partition coefficient (Wildman–Crippen LogP) is 2.93. The molecular weight excluding hydrogens is 313 g/mol. The highest BCUT2D eigenvalue weighted by Gasteiger charge is 2.31. The molecule has 5 nitrogen and oxygen atoms in total. The van der Waals surface area contributed by atoms with Crippen LogP contribution >= 0.6 is 0 Å². The molecule has 0 heterocycles. The fourth-order valence-electron chi connectivity index (χ4n) is 1.67. The number of nitrogens with one attached hydrogen (secondary N) is 2. The minimum Gasteiger partial charge on any atom is -0.388 e. The van der Waals surface area contributed by atoms with Crippen molar-refractivity contribution in [2.45, 2.75) is 32.5 Å². The van der Waals surface area contributed by atoms with Gasteiger partial charge in [0.05, 0.1) is 29.5 Å². The molecule has 1 rings (SSSR count). The van der Waals surface area contributed by atoms with Crippen molar-refractivity contribution < 1.29 is 27.9 Å². The van der Waals surface area contributed by atoms with Crippen LogP contribution in [-0.4, -0.2) is 23.0 Å². The molecule has 1 aromatic rings. The molecule has 0 saturated carbocycles. The zero-order valence-corrected chi connectivity index (χ0v) is 12.6. The highest BCUT2D eigenvalue weighted by Crippen LogP contribution is 2.34. The minimum absolute atomic E-state index is 0.0312. The third-order valence-electron chi connectivity index (χ3n) is 2.88. The number of anilines is 2. The number of hydrogen-bond donors (Lipinski definition) is 3. The second-order valence-electron chi connectivity index (χ2n) is 5.05. The summed E-state index contributed by atoms with van der Waals surface area (Å²) in [6, 6.07) is 2.56. The van der Waals surface area contributed by atoms with Gasteiger partial charge in [-0.1, -0.05) is 12.2 Å². The quantitative estimate of drug-likeness (QED) is 0.726. The number of aliphatic hydroxyl groups excluding tert-OH is 1. The molecule has 8 heteroatoms. The standard InChI is InChI=1S/C15H17F3N2O3/c1-8(2)13(22)7-14(23)20-12-6-10(15(16,17)18)4-5-11(12)19-9(3)21/h4-6,13,22H,1,7H2,2-3H3,(H,19,21)(H,20,23)/t13-/m0/s1. The van der Waals surface area contributed by atoms with E-state index in [4.69, 9.17) is 0 Å². The van der Waals surface area contributed by atoms with E-state index >= 15 is 0 Å². The molecule has 0 aliphatic rings. The maximum absolute atomic E-state index is 12.8. The van der Waals surface area contributed by atoms with E-state index in [2.05, 4.69) is 17.2 Å². The number of aliphatic hydroxyl groups is 1. The van der Waals surface area contributed by atoms with E-state index < -0.39 is 29.7 Å². The average Bonchev–Trinajstić information content (AvgIpc) is 2.38. The lowest BCUT2D eigenvalue weighted by molar-refractivity contribution is -0.137. The third-order valence-corrected chi connectivity index (χ3v) is 2.88. The van der Waals surface area contributed by atoms with Crippen molar-refractivity contribution >= 4 is 23.2 Å². The summed E-state index contributed by atoms with van der Waals surface area (Å²) in [6.45, 7) is 6.19. The summed E-state index contributed by atoms with van der Waals surface area (Å²) in [5.41, 5.74) is -0.786. The number of carbonyl (C=O) groups excluding carboxylic acids is 2. The van der Waals surface area contributed by atoms with Gasteiger partial charge in [-0.3, -0.25) is 9.59 Å². The first-order valence-electron chi connectivity index (χ1n) is 6.63. The number of amides is 2. The fourth-order valence-corrected chi connectivity index (χ4v) is 1.67. The molecule has 126 valence electrons. The lowest BCUT2D eigenvalue weighted by atomic mass is 10.1. The van der Waals surface area contributed by atoms with Crippen molar-refractivity contribution in [1.29, 1.82) is 0 Å². The largest absolute Gasteiger partial charge is 0.416 e. The first-order valence-corrected chi connectivity index (χ1v) is 6.63. The second-order valence-corrected chi connectivity index (χ2v) is 5.05. The molecule has 0 unspecified atom stereocenters. The molecule has 0 aliphatic carbocycles. The maximum Gasteiger partial charge on any atom is 0.416 e. The molecule has 0 bridgehead atoms. The molecular formula is C15H17F3N2O3. The van der Waals surface area contributed by atoms with Gasteiger partial charge in [0.25, 0.3) is 0 Å². The summed E-state index contributed by atoms with van der Waals surface area (Å²) < 4.78 is 38.3. The number of rotatable bonds is 5. The van der Waals surface area contributed by atoms with E-state index in [0.717, 1.165) is 18.2 Å². The van der Waals surface area contributed by atoms with Gasteiger partial charge in [-0.25, -0.2) is 0 Å². The van der Waals surface area contributed by atoms with Crippen molar-refractivity contribution in [2.75, 3.05) is 10.6 Å². The Labute approximate surface area is 131 Å². The number of alkyl halides is 3. The van der Waals surface area contributed by atoms with Crippen LogP contribution in [-0.2, 0) is 15.8 Å². The molecule has 0 radical (unpaired) electrons. The van der Waals surface area contributed by atoms with Crippen LogP contribution in [0.3, 0.4) is 0 Å². The Balaban J connectivity index is 3.07. The first kappa shape index (κ1) is 18.7. The van der Waals surface area contributed by atoms with Crippen LogP contribution in [0.4, 0.5) is 24.5 Å². The summed E-state index contributed by atoms with van der Waals surface area (Å²) in [7, 11) is 0. The number of halogens is 3. The van der Waals surface area contributed by atoms with Gasteiger partial charge in [0.15, 0.2) is 0 Å². The summed E-state index contributed by atoms with van der Waals surface area (Å²) in [5.74, 6) is -1.20. The fraction of sp³-hybridized carbons (Fsp3) is 0.333. The number of benzene rings is 1. The molecule has 0 fully saturated rings. The highest BCUT2D eigenvalue weighted by atomic mass is 19.4. The van der Waals surface area contributed by atoms with Crippen LogP contribution in [0.1, 0.15) is 25.8 Å². The maximum atomic E-state index is 12.8. The zero-order chi connectivity index (χ0) is 17.8. The van der Waals surface area contributed by atoms with E-state index in [1.165, 1.54) is 13.8 Å². The van der Waals surface area contributed by atoms with Crippen LogP contribution in [0, 0.1) is 0 Å². The van der Waals surface area contributed by atoms with E-state index in [1.807, 2.05) is 0 Å². The SMILES string of the molecule is C=C(C)[C@@H](O)CC(=O)Nc1cc(C(F)(F)F)ccc1NC(C)=O. The van der Waals surface area contributed by atoms with Gasteiger partial charge in [-0.15, -0.1) is 0 Å². The molecule has 1 aromatic carbocycles. The van der Waals surface area contributed by atoms with Crippen molar-refractivity contribution in [3.8, 4) is 0 Å². The Kier molecular flexibility index (Phi) is 5.91. The molecule has 0 saturated heterocycles. The Hall–Kier alpha value is -2.35. The molecule has 1 atom stereocenters. The van der Waals surface area contributed by atoms with Gasteiger partial charge < -0.3 is 15.7 Å². The molecule has 3 N–H and O–H groups in total. The normalized spacial score (nSPS) is 12.4. The Morgan fingerprint density at radius 1 is 1.22 bits per heavy atom. The first-order chi connectivity index (χ1) is 10.5. The van der Waals surface area contributed by atoms with Crippen molar-refractivity contribution in [2.24, 2.45) is 0 Å². The molecule has 23 heavy (non-hydrogen) atoms. The molecule has 0 aliphatic heterocycles. The summed E-state index contributed by atoms with van der Waals surface area (Å²) in [4.78, 5) is 22.9. The van der Waals surface area contributed by atoms with Crippen molar-refractivity contribution in [1.82, 2.24) is 0 Å². The van der Waals surface area contributed by atoms with Crippen LogP contribution < -0.4 is 10.6 Å². The second kappa shape index (κ2) is 7.28. The summed E-state index contributed by atoms with van der Waals surface area (Å²) in [5, 5.41) is 14.2. The minimum atomic E-state index is -4.59. The Morgan fingerprint density at radius 2 is 1.83 bits per heavy atom. The predicted molar refractivity (Wildman–Crippen MR) is 79.8 cm³/mol.